The monoisotopic (exact) mass is 262 g/mol. The van der Waals surface area contributed by atoms with Crippen molar-refractivity contribution < 1.29 is 0 Å². The maximum atomic E-state index is 5.72. The van der Waals surface area contributed by atoms with Gasteiger partial charge in [-0.2, -0.15) is 0 Å². The second-order valence-electron chi connectivity index (χ2n) is 2.39. The fraction of sp³-hybridized carbons (Fsp3) is 0.250. The standard InChI is InChI=1S/C8H11IN2/c9-7-3-1-6(2-4-7)8(11)5-10/h1-4,8H,5,10-11H2. The first-order valence-electron chi connectivity index (χ1n) is 3.45. The molecule has 2 nitrogen and oxygen atoms in total. The molecule has 1 rings (SSSR count). The molecule has 1 unspecified atom stereocenters. The Bertz CT molecular complexity index is 220. The van der Waals surface area contributed by atoms with Gasteiger partial charge in [0.05, 0.1) is 0 Å². The van der Waals surface area contributed by atoms with Crippen molar-refractivity contribution in [3.05, 3.63) is 33.4 Å². The molecule has 0 aliphatic carbocycles. The predicted molar refractivity (Wildman–Crippen MR) is 55.1 cm³/mol. The second-order valence-corrected chi connectivity index (χ2v) is 3.64. The van der Waals surface area contributed by atoms with Crippen molar-refractivity contribution in [2.45, 2.75) is 6.04 Å². The number of hydrogen-bond acceptors (Lipinski definition) is 2. The van der Waals surface area contributed by atoms with Gasteiger partial charge in [-0.3, -0.25) is 0 Å². The second kappa shape index (κ2) is 4.04. The first-order chi connectivity index (χ1) is 5.24. The summed E-state index contributed by atoms with van der Waals surface area (Å²) in [5, 5.41) is 0. The molecule has 1 atom stereocenters. The largest absolute Gasteiger partial charge is 0.329 e. The highest BCUT2D eigenvalue weighted by Gasteiger charge is 2.01. The van der Waals surface area contributed by atoms with Crippen molar-refractivity contribution in [1.29, 1.82) is 0 Å². The fourth-order valence-electron chi connectivity index (χ4n) is 0.846. The molecule has 0 bridgehead atoms. The minimum atomic E-state index is -0.0213. The fourth-order valence-corrected chi connectivity index (χ4v) is 1.21. The molecule has 0 aromatic heterocycles. The highest BCUT2D eigenvalue weighted by atomic mass is 127. The number of halogens is 1. The van der Waals surface area contributed by atoms with E-state index in [9.17, 15) is 0 Å². The molecule has 0 amide bonds. The van der Waals surface area contributed by atoms with Crippen LogP contribution in [0.25, 0.3) is 0 Å². The molecule has 0 radical (unpaired) electrons. The summed E-state index contributed by atoms with van der Waals surface area (Å²) in [6.07, 6.45) is 0. The smallest absolute Gasteiger partial charge is 0.0419 e. The van der Waals surface area contributed by atoms with E-state index in [1.54, 1.807) is 0 Å². The van der Waals surface area contributed by atoms with Crippen LogP contribution in [0.3, 0.4) is 0 Å². The van der Waals surface area contributed by atoms with Crippen LogP contribution in [0.4, 0.5) is 0 Å². The molecule has 0 fully saturated rings. The normalized spacial score (nSPS) is 13.0. The zero-order valence-electron chi connectivity index (χ0n) is 6.13. The van der Waals surface area contributed by atoms with Crippen LogP contribution < -0.4 is 11.5 Å². The Hall–Kier alpha value is -0.130. The Balaban J connectivity index is 2.81. The number of rotatable bonds is 2. The van der Waals surface area contributed by atoms with Gasteiger partial charge in [-0.1, -0.05) is 12.1 Å². The minimum absolute atomic E-state index is 0.0213. The Morgan fingerprint density at radius 3 is 2.27 bits per heavy atom. The molecule has 11 heavy (non-hydrogen) atoms. The van der Waals surface area contributed by atoms with Crippen LogP contribution in [0.1, 0.15) is 11.6 Å². The molecule has 0 spiro atoms. The Kier molecular flexibility index (Phi) is 3.29. The maximum Gasteiger partial charge on any atom is 0.0419 e. The zero-order chi connectivity index (χ0) is 8.27. The SMILES string of the molecule is NCC(N)c1ccc(I)cc1. The molecule has 0 aliphatic rings. The van der Waals surface area contributed by atoms with Crippen LogP contribution in [0.2, 0.25) is 0 Å². The van der Waals surface area contributed by atoms with E-state index in [0.717, 1.165) is 5.56 Å². The van der Waals surface area contributed by atoms with Gasteiger partial charge in [-0.05, 0) is 40.3 Å². The molecule has 1 aromatic rings. The number of benzene rings is 1. The molecule has 0 saturated heterocycles. The third-order valence-corrected chi connectivity index (χ3v) is 2.27. The molecule has 0 saturated carbocycles. The lowest BCUT2D eigenvalue weighted by atomic mass is 10.1. The minimum Gasteiger partial charge on any atom is -0.329 e. The van der Waals surface area contributed by atoms with Gasteiger partial charge in [0.25, 0.3) is 0 Å². The molecule has 60 valence electrons. The van der Waals surface area contributed by atoms with Crippen molar-refractivity contribution in [1.82, 2.24) is 0 Å². The van der Waals surface area contributed by atoms with Crippen molar-refractivity contribution in [3.63, 3.8) is 0 Å². The van der Waals surface area contributed by atoms with Gasteiger partial charge >= 0.3 is 0 Å². The third kappa shape index (κ3) is 2.43. The predicted octanol–water partition coefficient (Wildman–Crippen LogP) is 1.25. The third-order valence-electron chi connectivity index (χ3n) is 1.55. The van der Waals surface area contributed by atoms with Gasteiger partial charge in [0.15, 0.2) is 0 Å². The summed E-state index contributed by atoms with van der Waals surface area (Å²) in [7, 11) is 0. The van der Waals surface area contributed by atoms with Crippen LogP contribution >= 0.6 is 22.6 Å². The van der Waals surface area contributed by atoms with Crippen LogP contribution in [-0.4, -0.2) is 6.54 Å². The van der Waals surface area contributed by atoms with E-state index in [1.165, 1.54) is 3.57 Å². The summed E-state index contributed by atoms with van der Waals surface area (Å²) < 4.78 is 1.22. The highest BCUT2D eigenvalue weighted by molar-refractivity contribution is 14.1. The molecule has 0 aliphatic heterocycles. The van der Waals surface area contributed by atoms with Gasteiger partial charge in [-0.25, -0.2) is 0 Å². The van der Waals surface area contributed by atoms with E-state index in [2.05, 4.69) is 22.6 Å². The molecule has 3 heteroatoms. The highest BCUT2D eigenvalue weighted by Crippen LogP contribution is 2.11. The number of hydrogen-bond donors (Lipinski definition) is 2. The van der Waals surface area contributed by atoms with Crippen molar-refractivity contribution >= 4 is 22.6 Å². The van der Waals surface area contributed by atoms with Gasteiger partial charge in [0, 0.05) is 16.2 Å². The van der Waals surface area contributed by atoms with Gasteiger partial charge < -0.3 is 11.5 Å². The Morgan fingerprint density at radius 1 is 1.27 bits per heavy atom. The Labute approximate surface area is 80.1 Å². The van der Waals surface area contributed by atoms with Crippen molar-refractivity contribution in [2.75, 3.05) is 6.54 Å². The quantitative estimate of drug-likeness (QED) is 0.788. The lowest BCUT2D eigenvalue weighted by Gasteiger charge is -2.07. The van der Waals surface area contributed by atoms with E-state index in [-0.39, 0.29) is 6.04 Å². The van der Waals surface area contributed by atoms with E-state index >= 15 is 0 Å². The molecule has 4 N–H and O–H groups in total. The average Bonchev–Trinajstić information content (AvgIpc) is 2.05. The van der Waals surface area contributed by atoms with Gasteiger partial charge in [-0.15, -0.1) is 0 Å². The van der Waals surface area contributed by atoms with E-state index in [1.807, 2.05) is 24.3 Å². The van der Waals surface area contributed by atoms with Crippen LogP contribution in [0, 0.1) is 3.57 Å². The van der Waals surface area contributed by atoms with Gasteiger partial charge in [0.2, 0.25) is 0 Å². The molecular formula is C8H11IN2. The molecular weight excluding hydrogens is 251 g/mol. The summed E-state index contributed by atoms with van der Waals surface area (Å²) in [6.45, 7) is 0.501. The molecule has 0 heterocycles. The summed E-state index contributed by atoms with van der Waals surface area (Å²) in [4.78, 5) is 0. The van der Waals surface area contributed by atoms with Crippen LogP contribution in [-0.2, 0) is 0 Å². The van der Waals surface area contributed by atoms with E-state index in [0.29, 0.717) is 6.54 Å². The lowest BCUT2D eigenvalue weighted by Crippen LogP contribution is -2.20. The summed E-state index contributed by atoms with van der Waals surface area (Å²) in [5.74, 6) is 0. The Morgan fingerprint density at radius 2 is 1.82 bits per heavy atom. The van der Waals surface area contributed by atoms with Crippen LogP contribution in [0.15, 0.2) is 24.3 Å². The molecule has 1 aromatic carbocycles. The first-order valence-corrected chi connectivity index (χ1v) is 4.53. The van der Waals surface area contributed by atoms with E-state index in [4.69, 9.17) is 11.5 Å². The summed E-state index contributed by atoms with van der Waals surface area (Å²) in [5.41, 5.74) is 12.2. The van der Waals surface area contributed by atoms with E-state index < -0.39 is 0 Å². The topological polar surface area (TPSA) is 52.0 Å². The summed E-state index contributed by atoms with van der Waals surface area (Å²) >= 11 is 2.26. The average molecular weight is 262 g/mol. The summed E-state index contributed by atoms with van der Waals surface area (Å²) in [6, 6.07) is 8.07. The van der Waals surface area contributed by atoms with Crippen LogP contribution in [0.5, 0.6) is 0 Å². The maximum absolute atomic E-state index is 5.72. The van der Waals surface area contributed by atoms with Gasteiger partial charge in [0.1, 0.15) is 0 Å². The van der Waals surface area contributed by atoms with Crippen molar-refractivity contribution in [3.8, 4) is 0 Å². The number of nitrogens with two attached hydrogens (primary N) is 2. The van der Waals surface area contributed by atoms with Crippen molar-refractivity contribution in [2.24, 2.45) is 11.5 Å². The first kappa shape index (κ1) is 8.96. The lowest BCUT2D eigenvalue weighted by molar-refractivity contribution is 0.737. The zero-order valence-corrected chi connectivity index (χ0v) is 8.28.